The van der Waals surface area contributed by atoms with E-state index in [0.717, 1.165) is 41.3 Å². The fourth-order valence-electron chi connectivity index (χ4n) is 3.01. The van der Waals surface area contributed by atoms with Crippen LogP contribution in [-0.4, -0.2) is 25.7 Å². The summed E-state index contributed by atoms with van der Waals surface area (Å²) in [5.74, 6) is 1.44. The van der Waals surface area contributed by atoms with Crippen molar-refractivity contribution in [1.82, 2.24) is 0 Å². The first kappa shape index (κ1) is 22.9. The number of carbonyl (C=O) groups excluding carboxylic acids is 1. The zero-order valence-electron chi connectivity index (χ0n) is 18.5. The third-order valence-electron chi connectivity index (χ3n) is 4.65. The Labute approximate surface area is 190 Å². The van der Waals surface area contributed by atoms with Gasteiger partial charge >= 0.3 is 0 Å². The molecular formula is C27H30N2O3. The highest BCUT2D eigenvalue weighted by molar-refractivity contribution is 5.93. The van der Waals surface area contributed by atoms with Crippen LogP contribution >= 0.6 is 0 Å². The number of carbonyl (C=O) groups is 1. The van der Waals surface area contributed by atoms with Crippen LogP contribution in [0.4, 0.5) is 11.4 Å². The molecule has 0 fully saturated rings. The molecule has 5 nitrogen and oxygen atoms in total. The van der Waals surface area contributed by atoms with Gasteiger partial charge in [-0.1, -0.05) is 36.9 Å². The van der Waals surface area contributed by atoms with E-state index in [0.29, 0.717) is 13.2 Å². The maximum Gasteiger partial charge on any atom is 0.243 e. The average Bonchev–Trinajstić information content (AvgIpc) is 2.81. The predicted molar refractivity (Wildman–Crippen MR) is 131 cm³/mol. The van der Waals surface area contributed by atoms with E-state index in [1.54, 1.807) is 0 Å². The first-order chi connectivity index (χ1) is 15.6. The molecule has 3 aromatic carbocycles. The smallest absolute Gasteiger partial charge is 0.243 e. The van der Waals surface area contributed by atoms with Crippen LogP contribution in [-0.2, 0) is 11.2 Å². The first-order valence-electron chi connectivity index (χ1n) is 10.8. The molecule has 5 heteroatoms. The third kappa shape index (κ3) is 8.19. The Morgan fingerprint density at radius 1 is 0.844 bits per heavy atom. The van der Waals surface area contributed by atoms with Gasteiger partial charge in [0.2, 0.25) is 5.91 Å². The van der Waals surface area contributed by atoms with E-state index in [1.165, 1.54) is 5.56 Å². The number of rotatable bonds is 12. The second-order valence-electron chi connectivity index (χ2n) is 7.63. The molecule has 0 heterocycles. The maximum absolute atomic E-state index is 12.2. The van der Waals surface area contributed by atoms with Gasteiger partial charge in [0.15, 0.2) is 0 Å². The zero-order valence-corrected chi connectivity index (χ0v) is 18.5. The number of anilines is 2. The van der Waals surface area contributed by atoms with Crippen molar-refractivity contribution >= 4 is 17.3 Å². The molecule has 0 spiro atoms. The van der Waals surface area contributed by atoms with E-state index >= 15 is 0 Å². The van der Waals surface area contributed by atoms with Crippen molar-refractivity contribution in [1.29, 1.82) is 0 Å². The second-order valence-corrected chi connectivity index (χ2v) is 7.63. The summed E-state index contributed by atoms with van der Waals surface area (Å²) in [6.45, 7) is 7.05. The molecule has 166 valence electrons. The molecule has 0 bridgehead atoms. The van der Waals surface area contributed by atoms with Gasteiger partial charge in [0.05, 0.1) is 13.2 Å². The van der Waals surface area contributed by atoms with Crippen LogP contribution in [0.25, 0.3) is 0 Å². The normalized spacial score (nSPS) is 10.3. The Balaban J connectivity index is 1.35. The maximum atomic E-state index is 12.2. The lowest BCUT2D eigenvalue weighted by atomic mass is 10.1. The average molecular weight is 431 g/mol. The monoisotopic (exact) mass is 430 g/mol. The van der Waals surface area contributed by atoms with Crippen molar-refractivity contribution in [2.45, 2.75) is 19.8 Å². The highest BCUT2D eigenvalue weighted by Crippen LogP contribution is 2.18. The van der Waals surface area contributed by atoms with Crippen molar-refractivity contribution in [2.24, 2.45) is 0 Å². The largest absolute Gasteiger partial charge is 0.494 e. The number of hydrogen-bond acceptors (Lipinski definition) is 4. The molecule has 0 atom stereocenters. The van der Waals surface area contributed by atoms with Gasteiger partial charge in [-0.25, -0.2) is 0 Å². The number of amides is 1. The van der Waals surface area contributed by atoms with Gasteiger partial charge in [0, 0.05) is 11.4 Å². The number of hydrogen-bond donors (Lipinski definition) is 2. The molecule has 0 aliphatic rings. The Hall–Kier alpha value is -3.73. The minimum absolute atomic E-state index is 0.121. The van der Waals surface area contributed by atoms with Crippen LogP contribution in [0.5, 0.6) is 11.5 Å². The van der Waals surface area contributed by atoms with E-state index < -0.39 is 0 Å². The lowest BCUT2D eigenvalue weighted by Crippen LogP contribution is -2.21. The Morgan fingerprint density at radius 2 is 1.47 bits per heavy atom. The summed E-state index contributed by atoms with van der Waals surface area (Å²) in [5, 5.41) is 5.99. The Bertz CT molecular complexity index is 984. The van der Waals surface area contributed by atoms with Gasteiger partial charge in [-0.05, 0) is 79.4 Å². The van der Waals surface area contributed by atoms with E-state index in [4.69, 9.17) is 9.47 Å². The summed E-state index contributed by atoms with van der Waals surface area (Å²) in [6.07, 6.45) is 1.95. The van der Waals surface area contributed by atoms with Crippen LogP contribution in [0.2, 0.25) is 0 Å². The molecule has 0 radical (unpaired) electrons. The molecular weight excluding hydrogens is 400 g/mol. The van der Waals surface area contributed by atoms with Gasteiger partial charge in [-0.3, -0.25) is 4.79 Å². The number of ether oxygens (including phenoxy) is 2. The molecule has 0 aromatic heterocycles. The van der Waals surface area contributed by atoms with Gasteiger partial charge in [-0.2, -0.15) is 0 Å². The van der Waals surface area contributed by atoms with Crippen LogP contribution in [0.3, 0.4) is 0 Å². The van der Waals surface area contributed by atoms with Gasteiger partial charge in [-0.15, -0.1) is 0 Å². The zero-order chi connectivity index (χ0) is 22.6. The topological polar surface area (TPSA) is 59.6 Å². The van der Waals surface area contributed by atoms with Crippen LogP contribution < -0.4 is 20.1 Å². The van der Waals surface area contributed by atoms with E-state index in [-0.39, 0.29) is 12.5 Å². The fraction of sp³-hybridized carbons (Fsp3) is 0.222. The summed E-state index contributed by atoms with van der Waals surface area (Å²) >= 11 is 0. The van der Waals surface area contributed by atoms with Crippen molar-refractivity contribution in [3.63, 3.8) is 0 Å². The molecule has 0 unspecified atom stereocenters. The number of nitrogens with one attached hydrogen (secondary N) is 2. The van der Waals surface area contributed by atoms with Crippen molar-refractivity contribution in [3.8, 4) is 11.5 Å². The molecule has 0 saturated heterocycles. The second kappa shape index (κ2) is 12.2. The molecule has 3 rings (SSSR count). The standard InChI is InChI=1S/C27H30N2O3/c1-21(2)20-32-26-14-10-23(11-15-26)28-19-27(30)29-24-12-16-25(17-13-24)31-18-6-9-22-7-4-3-5-8-22/h3-5,7-8,10-17,28H,1,6,9,18-20H2,2H3,(H,29,30). The molecule has 2 N–H and O–H groups in total. The summed E-state index contributed by atoms with van der Waals surface area (Å²) in [5.41, 5.74) is 3.86. The molecule has 3 aromatic rings. The van der Waals surface area contributed by atoms with Gasteiger partial charge in [0.25, 0.3) is 0 Å². The highest BCUT2D eigenvalue weighted by Gasteiger charge is 2.04. The Morgan fingerprint density at radius 3 is 2.12 bits per heavy atom. The summed E-state index contributed by atoms with van der Waals surface area (Å²) in [7, 11) is 0. The van der Waals surface area contributed by atoms with E-state index in [9.17, 15) is 4.79 Å². The molecule has 1 amide bonds. The SMILES string of the molecule is C=C(C)COc1ccc(NCC(=O)Nc2ccc(OCCCc3ccccc3)cc2)cc1. The van der Waals surface area contributed by atoms with E-state index in [1.807, 2.05) is 61.5 Å². The Kier molecular flexibility index (Phi) is 8.75. The lowest BCUT2D eigenvalue weighted by molar-refractivity contribution is -0.114. The van der Waals surface area contributed by atoms with E-state index in [2.05, 4.69) is 41.5 Å². The minimum Gasteiger partial charge on any atom is -0.494 e. The fourth-order valence-corrected chi connectivity index (χ4v) is 3.01. The van der Waals surface area contributed by atoms with Crippen molar-refractivity contribution < 1.29 is 14.3 Å². The molecule has 0 aliphatic carbocycles. The molecule has 0 aliphatic heterocycles. The van der Waals surface area contributed by atoms with Crippen LogP contribution in [0, 0.1) is 0 Å². The van der Waals surface area contributed by atoms with Crippen molar-refractivity contribution in [2.75, 3.05) is 30.4 Å². The highest BCUT2D eigenvalue weighted by atomic mass is 16.5. The number of benzene rings is 3. The lowest BCUT2D eigenvalue weighted by Gasteiger charge is -2.10. The van der Waals surface area contributed by atoms with Crippen LogP contribution in [0.15, 0.2) is 91.0 Å². The van der Waals surface area contributed by atoms with Crippen molar-refractivity contribution in [3.05, 3.63) is 96.6 Å². The molecule has 0 saturated carbocycles. The predicted octanol–water partition coefficient (Wildman–Crippen LogP) is 5.70. The van der Waals surface area contributed by atoms with Gasteiger partial charge < -0.3 is 20.1 Å². The number of aryl methyl sites for hydroxylation is 1. The summed E-state index contributed by atoms with van der Waals surface area (Å²) in [6, 6.07) is 25.3. The quantitative estimate of drug-likeness (QED) is 0.286. The third-order valence-corrected chi connectivity index (χ3v) is 4.65. The van der Waals surface area contributed by atoms with Gasteiger partial charge in [0.1, 0.15) is 18.1 Å². The minimum atomic E-state index is -0.121. The summed E-state index contributed by atoms with van der Waals surface area (Å²) in [4.78, 5) is 12.2. The van der Waals surface area contributed by atoms with Crippen LogP contribution in [0.1, 0.15) is 18.9 Å². The first-order valence-corrected chi connectivity index (χ1v) is 10.8. The summed E-state index contributed by atoms with van der Waals surface area (Å²) < 4.78 is 11.4. The molecule has 32 heavy (non-hydrogen) atoms.